The van der Waals surface area contributed by atoms with Crippen molar-refractivity contribution in [3.63, 3.8) is 0 Å². The highest BCUT2D eigenvalue weighted by molar-refractivity contribution is 5.93. The summed E-state index contributed by atoms with van der Waals surface area (Å²) >= 11 is 0. The highest BCUT2D eigenvalue weighted by atomic mass is 16.5. The van der Waals surface area contributed by atoms with Gasteiger partial charge in [0, 0.05) is 12.3 Å². The van der Waals surface area contributed by atoms with Gasteiger partial charge in [0.25, 0.3) is 0 Å². The molecule has 5 nitrogen and oxygen atoms in total. The summed E-state index contributed by atoms with van der Waals surface area (Å²) < 4.78 is 10.4. The van der Waals surface area contributed by atoms with E-state index in [0.717, 1.165) is 6.42 Å². The van der Waals surface area contributed by atoms with E-state index in [1.807, 2.05) is 0 Å². The molecule has 1 rings (SSSR count). The van der Waals surface area contributed by atoms with E-state index in [9.17, 15) is 4.79 Å². The molecule has 0 heterocycles. The molecule has 19 heavy (non-hydrogen) atoms. The summed E-state index contributed by atoms with van der Waals surface area (Å²) in [4.78, 5) is 11.7. The van der Waals surface area contributed by atoms with Crippen LogP contribution >= 0.6 is 0 Å². The predicted octanol–water partition coefficient (Wildman–Crippen LogP) is 2.28. The molecule has 3 N–H and O–H groups in total. The number of hydrogen-bond acceptors (Lipinski definition) is 4. The number of nitrogens with two attached hydrogens (primary N) is 1. The molecule has 0 aliphatic rings. The van der Waals surface area contributed by atoms with Crippen molar-refractivity contribution in [2.24, 2.45) is 5.92 Å². The maximum Gasteiger partial charge on any atom is 0.250 e. The largest absolute Gasteiger partial charge is 0.495 e. The van der Waals surface area contributed by atoms with E-state index in [4.69, 9.17) is 15.2 Å². The molecule has 0 saturated heterocycles. The van der Waals surface area contributed by atoms with Gasteiger partial charge in [0.05, 0.1) is 12.8 Å². The van der Waals surface area contributed by atoms with Gasteiger partial charge in [-0.15, -0.1) is 0 Å². The zero-order valence-electron chi connectivity index (χ0n) is 11.7. The average molecular weight is 266 g/mol. The second-order valence-corrected chi connectivity index (χ2v) is 4.74. The van der Waals surface area contributed by atoms with Crippen molar-refractivity contribution in [1.29, 1.82) is 0 Å². The monoisotopic (exact) mass is 266 g/mol. The lowest BCUT2D eigenvalue weighted by Crippen LogP contribution is -2.19. The zero-order valence-corrected chi connectivity index (χ0v) is 11.7. The van der Waals surface area contributed by atoms with Crippen LogP contribution in [0.4, 0.5) is 11.4 Å². The SMILES string of the molecule is COc1ccc(N)cc1NC(=O)COCCC(C)C. The second kappa shape index (κ2) is 7.63. The predicted molar refractivity (Wildman–Crippen MR) is 76.3 cm³/mol. The first kappa shape index (κ1) is 15.3. The van der Waals surface area contributed by atoms with Crippen molar-refractivity contribution in [2.45, 2.75) is 20.3 Å². The normalized spacial score (nSPS) is 10.5. The van der Waals surface area contributed by atoms with Crippen molar-refractivity contribution in [3.8, 4) is 5.75 Å². The van der Waals surface area contributed by atoms with Gasteiger partial charge in [0.15, 0.2) is 0 Å². The molecule has 0 aliphatic carbocycles. The van der Waals surface area contributed by atoms with Crippen molar-refractivity contribution in [2.75, 3.05) is 31.4 Å². The number of rotatable bonds is 7. The Morgan fingerprint density at radius 3 is 2.79 bits per heavy atom. The number of carbonyl (C=O) groups excluding carboxylic acids is 1. The Labute approximate surface area is 114 Å². The molecule has 0 atom stereocenters. The Morgan fingerprint density at radius 1 is 1.42 bits per heavy atom. The maximum absolute atomic E-state index is 11.7. The molecule has 0 saturated carbocycles. The molecule has 0 unspecified atom stereocenters. The number of hydrogen-bond donors (Lipinski definition) is 2. The zero-order chi connectivity index (χ0) is 14.3. The molecular formula is C14H22N2O3. The van der Waals surface area contributed by atoms with Crippen LogP contribution < -0.4 is 15.8 Å². The van der Waals surface area contributed by atoms with Crippen molar-refractivity contribution < 1.29 is 14.3 Å². The average Bonchev–Trinajstić information content (AvgIpc) is 2.35. The first-order chi connectivity index (χ1) is 9.02. The molecule has 5 heteroatoms. The third-order valence-corrected chi connectivity index (χ3v) is 2.57. The van der Waals surface area contributed by atoms with Gasteiger partial charge in [-0.25, -0.2) is 0 Å². The molecular weight excluding hydrogens is 244 g/mol. The number of benzene rings is 1. The van der Waals surface area contributed by atoms with Crippen molar-refractivity contribution in [1.82, 2.24) is 0 Å². The minimum atomic E-state index is -0.215. The molecule has 0 bridgehead atoms. The van der Waals surface area contributed by atoms with Crippen LogP contribution in [0.15, 0.2) is 18.2 Å². The molecule has 0 fully saturated rings. The van der Waals surface area contributed by atoms with Gasteiger partial charge in [-0.1, -0.05) is 13.8 Å². The number of anilines is 2. The lowest BCUT2D eigenvalue weighted by Gasteiger charge is -2.11. The molecule has 0 spiro atoms. The minimum Gasteiger partial charge on any atom is -0.495 e. The summed E-state index contributed by atoms with van der Waals surface area (Å²) in [6.07, 6.45) is 0.939. The fourth-order valence-electron chi connectivity index (χ4n) is 1.49. The van der Waals surface area contributed by atoms with Crippen LogP contribution in [0.1, 0.15) is 20.3 Å². The first-order valence-corrected chi connectivity index (χ1v) is 6.34. The molecule has 0 radical (unpaired) electrons. The van der Waals surface area contributed by atoms with E-state index in [0.29, 0.717) is 29.6 Å². The Kier molecular flexibility index (Phi) is 6.15. The summed E-state index contributed by atoms with van der Waals surface area (Å²) in [6.45, 7) is 4.84. The van der Waals surface area contributed by atoms with Gasteiger partial charge in [-0.3, -0.25) is 4.79 Å². The summed E-state index contributed by atoms with van der Waals surface area (Å²) in [5.74, 6) is 0.925. The van der Waals surface area contributed by atoms with Crippen LogP contribution in [0.3, 0.4) is 0 Å². The highest BCUT2D eigenvalue weighted by Crippen LogP contribution is 2.26. The maximum atomic E-state index is 11.7. The molecule has 0 aliphatic heterocycles. The third-order valence-electron chi connectivity index (χ3n) is 2.57. The Bertz CT molecular complexity index is 419. The fraction of sp³-hybridized carbons (Fsp3) is 0.500. The summed E-state index contributed by atoms with van der Waals surface area (Å²) in [7, 11) is 1.54. The van der Waals surface area contributed by atoms with Crippen LogP contribution in [0.2, 0.25) is 0 Å². The fourth-order valence-corrected chi connectivity index (χ4v) is 1.49. The number of amides is 1. The van der Waals surface area contributed by atoms with Crippen molar-refractivity contribution in [3.05, 3.63) is 18.2 Å². The van der Waals surface area contributed by atoms with Crippen LogP contribution in [-0.2, 0) is 9.53 Å². The van der Waals surface area contributed by atoms with Gasteiger partial charge >= 0.3 is 0 Å². The van der Waals surface area contributed by atoms with E-state index in [2.05, 4.69) is 19.2 Å². The molecule has 1 aromatic rings. The van der Waals surface area contributed by atoms with E-state index in [1.54, 1.807) is 25.3 Å². The van der Waals surface area contributed by atoms with E-state index < -0.39 is 0 Å². The van der Waals surface area contributed by atoms with E-state index in [1.165, 1.54) is 0 Å². The van der Waals surface area contributed by atoms with Crippen LogP contribution in [-0.4, -0.2) is 26.2 Å². The highest BCUT2D eigenvalue weighted by Gasteiger charge is 2.08. The first-order valence-electron chi connectivity index (χ1n) is 6.34. The molecule has 1 aromatic carbocycles. The van der Waals surface area contributed by atoms with E-state index in [-0.39, 0.29) is 12.5 Å². The molecule has 106 valence electrons. The van der Waals surface area contributed by atoms with Crippen LogP contribution in [0.5, 0.6) is 5.75 Å². The van der Waals surface area contributed by atoms with E-state index >= 15 is 0 Å². The Morgan fingerprint density at radius 2 is 2.16 bits per heavy atom. The summed E-state index contributed by atoms with van der Waals surface area (Å²) in [5.41, 5.74) is 6.80. The smallest absolute Gasteiger partial charge is 0.250 e. The topological polar surface area (TPSA) is 73.6 Å². The minimum absolute atomic E-state index is 0.0324. The third kappa shape index (κ3) is 5.61. The van der Waals surface area contributed by atoms with Gasteiger partial charge in [0.1, 0.15) is 12.4 Å². The Balaban J connectivity index is 2.45. The number of ether oxygens (including phenoxy) is 2. The summed E-state index contributed by atoms with van der Waals surface area (Å²) in [6, 6.07) is 5.09. The Hall–Kier alpha value is -1.75. The second-order valence-electron chi connectivity index (χ2n) is 4.74. The van der Waals surface area contributed by atoms with Crippen LogP contribution in [0.25, 0.3) is 0 Å². The number of methoxy groups -OCH3 is 1. The van der Waals surface area contributed by atoms with Crippen LogP contribution in [0, 0.1) is 5.92 Å². The number of nitrogen functional groups attached to an aromatic ring is 1. The summed E-state index contributed by atoms with van der Waals surface area (Å²) in [5, 5.41) is 2.72. The lowest BCUT2D eigenvalue weighted by atomic mass is 10.1. The lowest BCUT2D eigenvalue weighted by molar-refractivity contribution is -0.120. The van der Waals surface area contributed by atoms with Crippen molar-refractivity contribution >= 4 is 17.3 Å². The number of nitrogens with one attached hydrogen (secondary N) is 1. The van der Waals surface area contributed by atoms with Gasteiger partial charge in [-0.05, 0) is 30.5 Å². The molecule has 1 amide bonds. The van der Waals surface area contributed by atoms with Gasteiger partial charge in [0.2, 0.25) is 5.91 Å². The molecule has 0 aromatic heterocycles. The standard InChI is InChI=1S/C14H22N2O3/c1-10(2)6-7-19-9-14(17)16-12-8-11(15)4-5-13(12)18-3/h4-5,8,10H,6-7,9,15H2,1-3H3,(H,16,17). The quantitative estimate of drug-likeness (QED) is 0.586. The van der Waals surface area contributed by atoms with Gasteiger partial charge in [-0.2, -0.15) is 0 Å². The number of carbonyl (C=O) groups is 1. The van der Waals surface area contributed by atoms with Gasteiger partial charge < -0.3 is 20.5 Å².